The lowest BCUT2D eigenvalue weighted by atomic mass is 10.1. The summed E-state index contributed by atoms with van der Waals surface area (Å²) < 4.78 is 0. The molecule has 6 nitrogen and oxygen atoms in total. The maximum atomic E-state index is 12.5. The fourth-order valence-electron chi connectivity index (χ4n) is 2.67. The lowest BCUT2D eigenvalue weighted by molar-refractivity contribution is -0.137. The number of amides is 1. The van der Waals surface area contributed by atoms with E-state index >= 15 is 0 Å². The average molecular weight is 357 g/mol. The maximum Gasteiger partial charge on any atom is 0.305 e. The number of carboxylic acids is 1. The number of thiophene rings is 1. The van der Waals surface area contributed by atoms with Crippen molar-refractivity contribution in [1.29, 1.82) is 0 Å². The Morgan fingerprint density at radius 2 is 2.08 bits per heavy atom. The van der Waals surface area contributed by atoms with Gasteiger partial charge in [0.2, 0.25) is 0 Å². The summed E-state index contributed by atoms with van der Waals surface area (Å²) in [5.41, 5.74) is 2.53. The molecule has 0 aliphatic carbocycles. The summed E-state index contributed by atoms with van der Waals surface area (Å²) in [5, 5.41) is 20.1. The third-order valence-electron chi connectivity index (χ3n) is 3.98. The number of nitrogens with zero attached hydrogens (tertiary/aromatic N) is 2. The predicted octanol–water partition coefficient (Wildman–Crippen LogP) is 3.28. The first-order valence-corrected chi connectivity index (χ1v) is 8.88. The van der Waals surface area contributed by atoms with Gasteiger partial charge >= 0.3 is 5.97 Å². The molecule has 0 bridgehead atoms. The Morgan fingerprint density at radius 3 is 2.64 bits per heavy atom. The van der Waals surface area contributed by atoms with Crippen molar-refractivity contribution in [1.82, 2.24) is 5.32 Å². The molecule has 0 radical (unpaired) electrons. The van der Waals surface area contributed by atoms with E-state index in [-0.39, 0.29) is 12.3 Å². The van der Waals surface area contributed by atoms with Gasteiger partial charge in [0.1, 0.15) is 0 Å². The van der Waals surface area contributed by atoms with Gasteiger partial charge in [0.15, 0.2) is 0 Å². The van der Waals surface area contributed by atoms with Crippen molar-refractivity contribution >= 4 is 34.6 Å². The highest BCUT2D eigenvalue weighted by Crippen LogP contribution is 2.23. The van der Waals surface area contributed by atoms with Gasteiger partial charge in [-0.3, -0.25) is 14.6 Å². The van der Waals surface area contributed by atoms with Crippen LogP contribution in [0.1, 0.15) is 41.0 Å². The van der Waals surface area contributed by atoms with E-state index in [1.54, 1.807) is 12.1 Å². The molecule has 25 heavy (non-hydrogen) atoms. The number of hydrogen-bond acceptors (Lipinski definition) is 5. The molecule has 2 N–H and O–H groups in total. The first-order valence-electron chi connectivity index (χ1n) is 8.00. The molecule has 2 heterocycles. The standard InChI is InChI=1S/C18H19N3O3S/c1-12-8-9-21(20-12)14-6-4-13(5-7-14)18(24)19-15(11-17(22)23)16-3-2-10-25-16/h2-7,10,15H,8-9,11H2,1H3,(H,19,24)(H,22,23)/t15-/m1/s1. The van der Waals surface area contributed by atoms with Gasteiger partial charge in [-0.25, -0.2) is 0 Å². The van der Waals surface area contributed by atoms with Crippen LogP contribution in [0.2, 0.25) is 0 Å². The molecule has 130 valence electrons. The van der Waals surface area contributed by atoms with Crippen LogP contribution in [0.4, 0.5) is 5.69 Å². The van der Waals surface area contributed by atoms with Crippen molar-refractivity contribution < 1.29 is 14.7 Å². The summed E-state index contributed by atoms with van der Waals surface area (Å²) in [4.78, 5) is 24.4. The van der Waals surface area contributed by atoms with Gasteiger partial charge in [-0.05, 0) is 42.6 Å². The second kappa shape index (κ2) is 7.48. The normalized spacial score (nSPS) is 14.9. The van der Waals surface area contributed by atoms with E-state index in [2.05, 4.69) is 10.4 Å². The first kappa shape index (κ1) is 17.2. The summed E-state index contributed by atoms with van der Waals surface area (Å²) in [5.74, 6) is -1.23. The molecule has 7 heteroatoms. The summed E-state index contributed by atoms with van der Waals surface area (Å²) in [7, 11) is 0. The quantitative estimate of drug-likeness (QED) is 0.831. The van der Waals surface area contributed by atoms with Crippen LogP contribution in [0.25, 0.3) is 0 Å². The largest absolute Gasteiger partial charge is 0.481 e. The Labute approximate surface area is 149 Å². The van der Waals surface area contributed by atoms with Crippen LogP contribution < -0.4 is 10.3 Å². The second-order valence-corrected chi connectivity index (χ2v) is 6.87. The van der Waals surface area contributed by atoms with Crippen LogP contribution in [0.15, 0.2) is 46.9 Å². The minimum atomic E-state index is -0.948. The summed E-state index contributed by atoms with van der Waals surface area (Å²) in [6.07, 6.45) is 0.798. The molecule has 0 fully saturated rings. The van der Waals surface area contributed by atoms with Crippen LogP contribution in [-0.2, 0) is 4.79 Å². The number of hydrogen-bond donors (Lipinski definition) is 2. The molecule has 0 saturated carbocycles. The number of anilines is 1. The molecule has 2 aromatic rings. The SMILES string of the molecule is CC1=NN(c2ccc(C(=O)N[C@H](CC(=O)O)c3cccs3)cc2)CC1. The zero-order valence-electron chi connectivity index (χ0n) is 13.8. The predicted molar refractivity (Wildman–Crippen MR) is 98.3 cm³/mol. The fraction of sp³-hybridized carbons (Fsp3) is 0.278. The van der Waals surface area contributed by atoms with E-state index in [1.807, 2.05) is 41.6 Å². The molecule has 0 spiro atoms. The smallest absolute Gasteiger partial charge is 0.305 e. The van der Waals surface area contributed by atoms with Gasteiger partial charge in [0.05, 0.1) is 18.2 Å². The number of aliphatic carboxylic acids is 1. The number of carbonyl (C=O) groups is 2. The number of nitrogens with one attached hydrogen (secondary N) is 1. The van der Waals surface area contributed by atoms with E-state index in [1.165, 1.54) is 11.3 Å². The number of carboxylic acid groups (broad SMARTS) is 1. The molecule has 3 rings (SSSR count). The number of carbonyl (C=O) groups excluding carboxylic acids is 1. The lowest BCUT2D eigenvalue weighted by Crippen LogP contribution is -2.29. The van der Waals surface area contributed by atoms with Crippen LogP contribution in [0.5, 0.6) is 0 Å². The van der Waals surface area contributed by atoms with E-state index in [9.17, 15) is 9.59 Å². The molecular weight excluding hydrogens is 338 g/mol. The van der Waals surface area contributed by atoms with Gasteiger partial charge < -0.3 is 10.4 Å². The molecule has 0 saturated heterocycles. The van der Waals surface area contributed by atoms with E-state index < -0.39 is 12.0 Å². The van der Waals surface area contributed by atoms with Crippen molar-refractivity contribution in [3.05, 3.63) is 52.2 Å². The summed E-state index contributed by atoms with van der Waals surface area (Å²) in [6.45, 7) is 2.84. The first-order chi connectivity index (χ1) is 12.0. The van der Waals surface area contributed by atoms with Gasteiger partial charge in [0, 0.05) is 29.1 Å². The second-order valence-electron chi connectivity index (χ2n) is 5.89. The molecule has 1 aliphatic heterocycles. The molecule has 1 aromatic carbocycles. The van der Waals surface area contributed by atoms with Crippen LogP contribution in [-0.4, -0.2) is 29.2 Å². The summed E-state index contributed by atoms with van der Waals surface area (Å²) >= 11 is 1.43. The minimum absolute atomic E-state index is 0.147. The Hall–Kier alpha value is -2.67. The topological polar surface area (TPSA) is 82.0 Å². The zero-order valence-corrected chi connectivity index (χ0v) is 14.6. The van der Waals surface area contributed by atoms with E-state index in [4.69, 9.17) is 5.11 Å². The molecule has 1 atom stereocenters. The highest BCUT2D eigenvalue weighted by atomic mass is 32.1. The molecular formula is C18H19N3O3S. The molecule has 1 aliphatic rings. The van der Waals surface area contributed by atoms with Crippen molar-refractivity contribution in [2.45, 2.75) is 25.8 Å². The third-order valence-corrected chi connectivity index (χ3v) is 4.96. The Balaban J connectivity index is 1.70. The maximum absolute atomic E-state index is 12.5. The van der Waals surface area contributed by atoms with Gasteiger partial charge in [-0.1, -0.05) is 6.07 Å². The zero-order chi connectivity index (χ0) is 17.8. The monoisotopic (exact) mass is 357 g/mol. The van der Waals surface area contributed by atoms with Crippen LogP contribution in [0, 0.1) is 0 Å². The average Bonchev–Trinajstić information content (AvgIpc) is 3.25. The van der Waals surface area contributed by atoms with Crippen molar-refractivity contribution in [2.24, 2.45) is 5.10 Å². The Bertz CT molecular complexity index is 784. The van der Waals surface area contributed by atoms with Crippen molar-refractivity contribution in [3.63, 3.8) is 0 Å². The van der Waals surface area contributed by atoms with Crippen molar-refractivity contribution in [3.8, 4) is 0 Å². The van der Waals surface area contributed by atoms with Gasteiger partial charge in [-0.15, -0.1) is 11.3 Å². The van der Waals surface area contributed by atoms with E-state index in [0.717, 1.165) is 29.2 Å². The highest BCUT2D eigenvalue weighted by molar-refractivity contribution is 7.10. The van der Waals surface area contributed by atoms with Crippen molar-refractivity contribution in [2.75, 3.05) is 11.6 Å². The number of hydrazone groups is 1. The molecule has 1 aromatic heterocycles. The lowest BCUT2D eigenvalue weighted by Gasteiger charge is -2.17. The van der Waals surface area contributed by atoms with Gasteiger partial charge in [-0.2, -0.15) is 5.10 Å². The minimum Gasteiger partial charge on any atom is -0.481 e. The molecule has 0 unspecified atom stereocenters. The van der Waals surface area contributed by atoms with E-state index in [0.29, 0.717) is 5.56 Å². The Morgan fingerprint density at radius 1 is 1.32 bits per heavy atom. The number of rotatable bonds is 6. The third kappa shape index (κ3) is 4.24. The fourth-order valence-corrected chi connectivity index (χ4v) is 3.45. The Kier molecular flexibility index (Phi) is 5.14. The molecule has 1 amide bonds. The van der Waals surface area contributed by atoms with Crippen LogP contribution >= 0.6 is 11.3 Å². The highest BCUT2D eigenvalue weighted by Gasteiger charge is 2.20. The summed E-state index contributed by atoms with van der Waals surface area (Å²) in [6, 6.07) is 10.3. The van der Waals surface area contributed by atoms with Gasteiger partial charge in [0.25, 0.3) is 5.91 Å². The number of benzene rings is 1. The van der Waals surface area contributed by atoms with Crippen LogP contribution in [0.3, 0.4) is 0 Å².